The molecule has 0 spiro atoms. The number of aryl methyl sites for hydroxylation is 1. The largest absolute Gasteiger partial charge is 0.309 e. The molecule has 0 aliphatic rings. The van der Waals surface area contributed by atoms with Crippen LogP contribution in [0, 0.1) is 6.92 Å². The van der Waals surface area contributed by atoms with Gasteiger partial charge in [-0.15, -0.1) is 0 Å². The molecule has 0 bridgehead atoms. The lowest BCUT2D eigenvalue weighted by Gasteiger charge is -2.15. The first-order valence-electron chi connectivity index (χ1n) is 12.5. The van der Waals surface area contributed by atoms with Gasteiger partial charge in [0.1, 0.15) is 0 Å². The molecule has 0 radical (unpaired) electrons. The monoisotopic (exact) mass is 459 g/mol. The Labute approximate surface area is 210 Å². The molecule has 7 aromatic rings. The molecule has 0 atom stereocenters. The third kappa shape index (κ3) is 3.25. The minimum Gasteiger partial charge on any atom is -0.309 e. The van der Waals surface area contributed by atoms with Gasteiger partial charge in [-0.05, 0) is 64.2 Å². The number of rotatable bonds is 3. The molecule has 1 heterocycles. The summed E-state index contributed by atoms with van der Waals surface area (Å²) in [6, 6.07) is 48.4. The first-order chi connectivity index (χ1) is 17.8. The van der Waals surface area contributed by atoms with Crippen molar-refractivity contribution in [2.24, 2.45) is 0 Å². The summed E-state index contributed by atoms with van der Waals surface area (Å²) in [7, 11) is 0. The smallest absolute Gasteiger partial charge is 0.0541 e. The number of benzene rings is 6. The van der Waals surface area contributed by atoms with Crippen LogP contribution < -0.4 is 0 Å². The summed E-state index contributed by atoms with van der Waals surface area (Å²) >= 11 is 0. The van der Waals surface area contributed by atoms with Crippen molar-refractivity contribution in [2.45, 2.75) is 6.92 Å². The van der Waals surface area contributed by atoms with Crippen LogP contribution in [0.2, 0.25) is 0 Å². The van der Waals surface area contributed by atoms with E-state index in [4.69, 9.17) is 0 Å². The fourth-order valence-corrected chi connectivity index (χ4v) is 5.61. The van der Waals surface area contributed by atoms with Crippen LogP contribution in [0.4, 0.5) is 0 Å². The second-order valence-electron chi connectivity index (χ2n) is 9.50. The minimum atomic E-state index is 1.18. The second kappa shape index (κ2) is 8.25. The maximum atomic E-state index is 2.37. The molecule has 1 nitrogen and oxygen atoms in total. The first-order valence-corrected chi connectivity index (χ1v) is 12.5. The van der Waals surface area contributed by atoms with Crippen LogP contribution in [0.15, 0.2) is 133 Å². The number of nitrogens with zero attached hydrogens (tertiary/aromatic N) is 1. The Bertz CT molecular complexity index is 1830. The molecule has 1 aromatic heterocycles. The molecule has 170 valence electrons. The van der Waals surface area contributed by atoms with E-state index >= 15 is 0 Å². The summed E-state index contributed by atoms with van der Waals surface area (Å²) in [5, 5.41) is 5.12. The van der Waals surface area contributed by atoms with E-state index in [0.29, 0.717) is 0 Å². The Morgan fingerprint density at radius 1 is 0.472 bits per heavy atom. The third-order valence-corrected chi connectivity index (χ3v) is 7.25. The van der Waals surface area contributed by atoms with Gasteiger partial charge in [0.2, 0.25) is 0 Å². The lowest BCUT2D eigenvalue weighted by atomic mass is 9.89. The average molecular weight is 460 g/mol. The average Bonchev–Trinajstić information content (AvgIpc) is 3.27. The predicted octanol–water partition coefficient (Wildman–Crippen LogP) is 9.58. The topological polar surface area (TPSA) is 4.93 Å². The van der Waals surface area contributed by atoms with Crippen molar-refractivity contribution in [1.82, 2.24) is 4.57 Å². The van der Waals surface area contributed by atoms with Gasteiger partial charge < -0.3 is 4.57 Å². The standard InChI is InChI=1S/C35H25N/c1-24-9-8-11-27(23-24)35-29-12-3-2-10-25(29)19-22-30(35)26-17-20-28(21-18-26)36-33-15-6-4-13-31(33)32-14-5-7-16-34(32)36/h2-23H,1H3. The lowest BCUT2D eigenvalue weighted by Crippen LogP contribution is -1.94. The van der Waals surface area contributed by atoms with Gasteiger partial charge in [0, 0.05) is 16.5 Å². The van der Waals surface area contributed by atoms with Crippen molar-refractivity contribution in [3.63, 3.8) is 0 Å². The molecule has 1 heteroatoms. The van der Waals surface area contributed by atoms with Gasteiger partial charge in [-0.25, -0.2) is 0 Å². The van der Waals surface area contributed by atoms with Crippen LogP contribution in [-0.2, 0) is 0 Å². The zero-order valence-electron chi connectivity index (χ0n) is 20.1. The Hall–Kier alpha value is -4.62. The van der Waals surface area contributed by atoms with E-state index < -0.39 is 0 Å². The van der Waals surface area contributed by atoms with Gasteiger partial charge in [-0.3, -0.25) is 0 Å². The van der Waals surface area contributed by atoms with E-state index in [-0.39, 0.29) is 0 Å². The summed E-state index contributed by atoms with van der Waals surface area (Å²) in [6.45, 7) is 2.16. The van der Waals surface area contributed by atoms with Crippen LogP contribution in [-0.4, -0.2) is 4.57 Å². The molecule has 7 rings (SSSR count). The molecule has 0 unspecified atom stereocenters. The molecule has 0 amide bonds. The van der Waals surface area contributed by atoms with Crippen molar-refractivity contribution < 1.29 is 0 Å². The van der Waals surface area contributed by atoms with E-state index in [1.54, 1.807) is 0 Å². The summed E-state index contributed by atoms with van der Waals surface area (Å²) in [6.07, 6.45) is 0. The van der Waals surface area contributed by atoms with Crippen LogP contribution in [0.3, 0.4) is 0 Å². The van der Waals surface area contributed by atoms with Crippen molar-refractivity contribution >= 4 is 32.6 Å². The third-order valence-electron chi connectivity index (χ3n) is 7.25. The summed E-state index contributed by atoms with van der Waals surface area (Å²) in [5.74, 6) is 0. The molecule has 0 saturated heterocycles. The van der Waals surface area contributed by atoms with Crippen molar-refractivity contribution in [3.05, 3.63) is 139 Å². The van der Waals surface area contributed by atoms with Gasteiger partial charge >= 0.3 is 0 Å². The molecule has 0 N–H and O–H groups in total. The van der Waals surface area contributed by atoms with Crippen molar-refractivity contribution in [1.29, 1.82) is 0 Å². The number of hydrogen-bond donors (Lipinski definition) is 0. The zero-order chi connectivity index (χ0) is 24.1. The fraction of sp³-hybridized carbons (Fsp3) is 0.0286. The van der Waals surface area contributed by atoms with E-state index in [1.165, 1.54) is 66.1 Å². The Kier molecular flexibility index (Phi) is 4.75. The van der Waals surface area contributed by atoms with Crippen LogP contribution >= 0.6 is 0 Å². The predicted molar refractivity (Wildman–Crippen MR) is 154 cm³/mol. The SMILES string of the molecule is Cc1cccc(-c2c(-c3ccc(-n4c5ccccc5c5ccccc54)cc3)ccc3ccccc23)c1. The van der Waals surface area contributed by atoms with Gasteiger partial charge in [0.15, 0.2) is 0 Å². The highest BCUT2D eigenvalue weighted by atomic mass is 15.0. The van der Waals surface area contributed by atoms with Crippen LogP contribution in [0.1, 0.15) is 5.56 Å². The van der Waals surface area contributed by atoms with E-state index in [9.17, 15) is 0 Å². The Morgan fingerprint density at radius 2 is 1.11 bits per heavy atom. The number of para-hydroxylation sites is 2. The highest BCUT2D eigenvalue weighted by Gasteiger charge is 2.14. The maximum absolute atomic E-state index is 2.37. The zero-order valence-corrected chi connectivity index (χ0v) is 20.1. The highest BCUT2D eigenvalue weighted by Crippen LogP contribution is 2.39. The van der Waals surface area contributed by atoms with E-state index in [2.05, 4.69) is 145 Å². The Morgan fingerprint density at radius 3 is 1.81 bits per heavy atom. The summed E-state index contributed by atoms with van der Waals surface area (Å²) < 4.78 is 2.37. The number of fused-ring (bicyclic) bond motifs is 4. The Balaban J connectivity index is 1.43. The molecular weight excluding hydrogens is 434 g/mol. The lowest BCUT2D eigenvalue weighted by molar-refractivity contribution is 1.18. The van der Waals surface area contributed by atoms with Gasteiger partial charge in [0.25, 0.3) is 0 Å². The van der Waals surface area contributed by atoms with Gasteiger partial charge in [0.05, 0.1) is 11.0 Å². The molecule has 0 aliphatic heterocycles. The molecule has 0 fully saturated rings. The molecule has 36 heavy (non-hydrogen) atoms. The van der Waals surface area contributed by atoms with Crippen molar-refractivity contribution in [3.8, 4) is 27.9 Å². The molecular formula is C35H25N. The number of aromatic nitrogens is 1. The van der Waals surface area contributed by atoms with Crippen molar-refractivity contribution in [2.75, 3.05) is 0 Å². The summed E-state index contributed by atoms with van der Waals surface area (Å²) in [5.41, 5.74) is 9.95. The highest BCUT2D eigenvalue weighted by molar-refractivity contribution is 6.09. The van der Waals surface area contributed by atoms with E-state index in [1.807, 2.05) is 0 Å². The molecule has 6 aromatic carbocycles. The first kappa shape index (κ1) is 20.7. The molecule has 0 saturated carbocycles. The maximum Gasteiger partial charge on any atom is 0.0541 e. The molecule has 0 aliphatic carbocycles. The number of hydrogen-bond acceptors (Lipinski definition) is 0. The second-order valence-corrected chi connectivity index (χ2v) is 9.50. The van der Waals surface area contributed by atoms with Crippen LogP contribution in [0.25, 0.3) is 60.5 Å². The quantitative estimate of drug-likeness (QED) is 0.248. The summed E-state index contributed by atoms with van der Waals surface area (Å²) in [4.78, 5) is 0. The van der Waals surface area contributed by atoms with Gasteiger partial charge in [-0.2, -0.15) is 0 Å². The normalized spacial score (nSPS) is 11.5. The van der Waals surface area contributed by atoms with E-state index in [0.717, 1.165) is 0 Å². The minimum absolute atomic E-state index is 1.18. The van der Waals surface area contributed by atoms with Gasteiger partial charge in [-0.1, -0.05) is 115 Å². The van der Waals surface area contributed by atoms with Crippen LogP contribution in [0.5, 0.6) is 0 Å². The fourth-order valence-electron chi connectivity index (χ4n) is 5.61.